The number of carbonyl (C=O) groups is 2. The molecule has 0 heterocycles. The average molecular weight is 333 g/mol. The van der Waals surface area contributed by atoms with Crippen LogP contribution in [-0.4, -0.2) is 16.9 Å². The maximum absolute atomic E-state index is 11.8. The Bertz CT molecular complexity index is 632. The number of carboxylic acids is 1. The van der Waals surface area contributed by atoms with E-state index in [0.717, 1.165) is 15.6 Å². The number of carbonyl (C=O) groups excluding carboxylic acids is 1. The van der Waals surface area contributed by atoms with Crippen molar-refractivity contribution < 1.29 is 14.7 Å². The van der Waals surface area contributed by atoms with E-state index in [2.05, 4.69) is 15.9 Å². The van der Waals surface area contributed by atoms with Gasteiger partial charge < -0.3 is 5.11 Å². The Balaban J connectivity index is 2.16. The van der Waals surface area contributed by atoms with E-state index >= 15 is 0 Å². The van der Waals surface area contributed by atoms with Crippen LogP contribution in [0.15, 0.2) is 53.0 Å². The van der Waals surface area contributed by atoms with Crippen molar-refractivity contribution in [3.63, 3.8) is 0 Å². The molecule has 0 saturated carbocycles. The Morgan fingerprint density at radius 3 is 2.20 bits per heavy atom. The van der Waals surface area contributed by atoms with Crippen LogP contribution in [0.25, 0.3) is 11.1 Å². The number of ketones is 1. The van der Waals surface area contributed by atoms with Crippen molar-refractivity contribution in [3.8, 4) is 11.1 Å². The molecule has 0 unspecified atom stereocenters. The number of hydrogen-bond donors (Lipinski definition) is 1. The summed E-state index contributed by atoms with van der Waals surface area (Å²) in [5.41, 5.74) is 2.60. The van der Waals surface area contributed by atoms with E-state index in [-0.39, 0.29) is 18.6 Å². The van der Waals surface area contributed by atoms with Crippen molar-refractivity contribution in [3.05, 3.63) is 58.6 Å². The second-order valence-corrected chi connectivity index (χ2v) is 5.23. The molecule has 0 aliphatic rings. The van der Waals surface area contributed by atoms with E-state index in [1.54, 1.807) is 12.1 Å². The van der Waals surface area contributed by atoms with Crippen LogP contribution in [0.1, 0.15) is 23.2 Å². The molecule has 0 bridgehead atoms. The first-order valence-electron chi connectivity index (χ1n) is 6.18. The van der Waals surface area contributed by atoms with Crippen molar-refractivity contribution >= 4 is 27.7 Å². The number of hydrogen-bond acceptors (Lipinski definition) is 2. The van der Waals surface area contributed by atoms with Gasteiger partial charge in [0.15, 0.2) is 5.78 Å². The zero-order valence-corrected chi connectivity index (χ0v) is 12.3. The van der Waals surface area contributed by atoms with Crippen LogP contribution in [0.5, 0.6) is 0 Å². The molecular weight excluding hydrogens is 320 g/mol. The highest BCUT2D eigenvalue weighted by Gasteiger charge is 2.09. The lowest BCUT2D eigenvalue weighted by Crippen LogP contribution is -2.03. The molecule has 102 valence electrons. The van der Waals surface area contributed by atoms with Gasteiger partial charge in [0.1, 0.15) is 0 Å². The molecule has 2 aromatic rings. The van der Waals surface area contributed by atoms with E-state index in [9.17, 15) is 9.59 Å². The number of rotatable bonds is 5. The second-order valence-electron chi connectivity index (χ2n) is 4.37. The molecule has 0 radical (unpaired) electrons. The largest absolute Gasteiger partial charge is 0.481 e. The second kappa shape index (κ2) is 6.48. The summed E-state index contributed by atoms with van der Waals surface area (Å²) in [7, 11) is 0. The average Bonchev–Trinajstić information content (AvgIpc) is 2.45. The summed E-state index contributed by atoms with van der Waals surface area (Å²) in [4.78, 5) is 22.2. The third kappa shape index (κ3) is 3.54. The number of carboxylic acid groups (broad SMARTS) is 1. The summed E-state index contributed by atoms with van der Waals surface area (Å²) in [5.74, 6) is -1.10. The Labute approximate surface area is 125 Å². The molecule has 0 aliphatic heterocycles. The van der Waals surface area contributed by atoms with E-state index in [4.69, 9.17) is 5.11 Å². The molecule has 2 rings (SSSR count). The smallest absolute Gasteiger partial charge is 0.303 e. The van der Waals surface area contributed by atoms with Gasteiger partial charge in [0.25, 0.3) is 0 Å². The monoisotopic (exact) mass is 332 g/mol. The fraction of sp³-hybridized carbons (Fsp3) is 0.125. The van der Waals surface area contributed by atoms with Crippen LogP contribution >= 0.6 is 15.9 Å². The summed E-state index contributed by atoms with van der Waals surface area (Å²) in [6.45, 7) is 0. The molecular formula is C16H13BrO3. The molecule has 0 fully saturated rings. The summed E-state index contributed by atoms with van der Waals surface area (Å²) >= 11 is 3.49. The summed E-state index contributed by atoms with van der Waals surface area (Å²) < 4.78 is 0.991. The predicted molar refractivity (Wildman–Crippen MR) is 80.8 cm³/mol. The van der Waals surface area contributed by atoms with Crippen molar-refractivity contribution in [1.82, 2.24) is 0 Å². The molecule has 0 atom stereocenters. The fourth-order valence-electron chi connectivity index (χ4n) is 1.90. The van der Waals surface area contributed by atoms with E-state index in [1.165, 1.54) is 0 Å². The van der Waals surface area contributed by atoms with Crippen molar-refractivity contribution in [2.24, 2.45) is 0 Å². The Hall–Kier alpha value is -1.94. The molecule has 0 saturated heterocycles. The lowest BCUT2D eigenvalue weighted by Gasteiger charge is -2.05. The molecule has 0 aliphatic carbocycles. The highest BCUT2D eigenvalue weighted by molar-refractivity contribution is 9.10. The van der Waals surface area contributed by atoms with Crippen molar-refractivity contribution in [1.29, 1.82) is 0 Å². The zero-order valence-electron chi connectivity index (χ0n) is 10.7. The third-order valence-corrected chi connectivity index (χ3v) is 3.65. The lowest BCUT2D eigenvalue weighted by molar-refractivity contribution is -0.136. The van der Waals surface area contributed by atoms with Gasteiger partial charge in [-0.25, -0.2) is 0 Å². The highest BCUT2D eigenvalue weighted by Crippen LogP contribution is 2.28. The van der Waals surface area contributed by atoms with Gasteiger partial charge in [0, 0.05) is 16.5 Å². The van der Waals surface area contributed by atoms with Crippen molar-refractivity contribution in [2.75, 3.05) is 0 Å². The topological polar surface area (TPSA) is 54.4 Å². The van der Waals surface area contributed by atoms with Gasteiger partial charge in [-0.05, 0) is 17.2 Å². The molecule has 0 spiro atoms. The van der Waals surface area contributed by atoms with E-state index in [1.807, 2.05) is 36.4 Å². The first-order chi connectivity index (χ1) is 9.58. The fourth-order valence-corrected chi connectivity index (χ4v) is 2.41. The highest BCUT2D eigenvalue weighted by atomic mass is 79.9. The summed E-state index contributed by atoms with van der Waals surface area (Å²) in [6, 6.07) is 15.1. The van der Waals surface area contributed by atoms with Crippen LogP contribution in [0.4, 0.5) is 0 Å². The van der Waals surface area contributed by atoms with Gasteiger partial charge in [0.05, 0.1) is 6.42 Å². The molecule has 2 aromatic carbocycles. The van der Waals surface area contributed by atoms with Crippen molar-refractivity contribution in [2.45, 2.75) is 12.8 Å². The van der Waals surface area contributed by atoms with Gasteiger partial charge in [-0.1, -0.05) is 58.4 Å². The summed E-state index contributed by atoms with van der Waals surface area (Å²) in [5, 5.41) is 8.58. The van der Waals surface area contributed by atoms with Gasteiger partial charge >= 0.3 is 5.97 Å². The zero-order chi connectivity index (χ0) is 14.5. The molecule has 4 heteroatoms. The standard InChI is InChI=1S/C16H13BrO3/c17-14-4-2-1-3-13(14)11-5-7-12(8-6-11)15(18)9-10-16(19)20/h1-8H,9-10H2,(H,19,20). The van der Waals surface area contributed by atoms with Crippen LogP contribution in [0, 0.1) is 0 Å². The van der Waals surface area contributed by atoms with E-state index in [0.29, 0.717) is 5.56 Å². The maximum Gasteiger partial charge on any atom is 0.303 e. The van der Waals surface area contributed by atoms with Crippen LogP contribution < -0.4 is 0 Å². The van der Waals surface area contributed by atoms with Crippen LogP contribution in [0.2, 0.25) is 0 Å². The third-order valence-electron chi connectivity index (χ3n) is 2.96. The Morgan fingerprint density at radius 2 is 1.60 bits per heavy atom. The minimum absolute atomic E-state index is 0.0315. The first kappa shape index (κ1) is 14.5. The predicted octanol–water partition coefficient (Wildman–Crippen LogP) is 4.16. The summed E-state index contributed by atoms with van der Waals surface area (Å²) in [6.07, 6.45) is -0.103. The number of Topliss-reactive ketones (excluding diaryl/α,β-unsaturated/α-hetero) is 1. The van der Waals surface area contributed by atoms with Gasteiger partial charge in [-0.15, -0.1) is 0 Å². The molecule has 0 aromatic heterocycles. The number of benzene rings is 2. The molecule has 20 heavy (non-hydrogen) atoms. The number of halogens is 1. The quantitative estimate of drug-likeness (QED) is 0.836. The number of aliphatic carboxylic acids is 1. The normalized spacial score (nSPS) is 10.2. The van der Waals surface area contributed by atoms with Gasteiger partial charge in [0.2, 0.25) is 0 Å². The Morgan fingerprint density at radius 1 is 0.950 bits per heavy atom. The minimum atomic E-state index is -0.955. The Kier molecular flexibility index (Phi) is 4.69. The van der Waals surface area contributed by atoms with Gasteiger partial charge in [-0.2, -0.15) is 0 Å². The molecule has 0 amide bonds. The van der Waals surface area contributed by atoms with E-state index < -0.39 is 5.97 Å². The molecule has 3 nitrogen and oxygen atoms in total. The van der Waals surface area contributed by atoms with Crippen LogP contribution in [-0.2, 0) is 4.79 Å². The maximum atomic E-state index is 11.8. The minimum Gasteiger partial charge on any atom is -0.481 e. The molecule has 1 N–H and O–H groups in total. The van der Waals surface area contributed by atoms with Crippen LogP contribution in [0.3, 0.4) is 0 Å². The lowest BCUT2D eigenvalue weighted by atomic mass is 10.0. The SMILES string of the molecule is O=C(O)CCC(=O)c1ccc(-c2ccccc2Br)cc1. The van der Waals surface area contributed by atoms with Gasteiger partial charge in [-0.3, -0.25) is 9.59 Å². The first-order valence-corrected chi connectivity index (χ1v) is 6.97.